The van der Waals surface area contributed by atoms with Crippen molar-refractivity contribution in [2.45, 2.75) is 65.2 Å². The van der Waals surface area contributed by atoms with Crippen LogP contribution in [0.5, 0.6) is 11.5 Å². The van der Waals surface area contributed by atoms with Crippen LogP contribution in [0.2, 0.25) is 0 Å². The Labute approximate surface area is 176 Å². The number of nitriles is 1. The average Bonchev–Trinajstić information content (AvgIpc) is 2.58. The average molecular weight is 408 g/mol. The first kappa shape index (κ1) is 21.5. The molecule has 1 unspecified atom stereocenters. The summed E-state index contributed by atoms with van der Waals surface area (Å²) >= 11 is 0. The van der Waals surface area contributed by atoms with Crippen LogP contribution in [-0.4, -0.2) is 5.11 Å². The van der Waals surface area contributed by atoms with E-state index in [9.17, 15) is 15.2 Å². The highest BCUT2D eigenvalue weighted by atomic mass is 16.5. The number of nitrogens with zero attached hydrogens (tertiary/aromatic N) is 1. The zero-order valence-corrected chi connectivity index (χ0v) is 18.5. The van der Waals surface area contributed by atoms with Crippen molar-refractivity contribution >= 4 is 0 Å². The number of aromatic hydroxyl groups is 1. The molecule has 0 amide bonds. The van der Waals surface area contributed by atoms with E-state index in [0.717, 1.165) is 11.1 Å². The Morgan fingerprint density at radius 2 is 1.60 bits per heavy atom. The molecule has 0 fully saturated rings. The number of hydrogen-bond donors (Lipinski definition) is 2. The summed E-state index contributed by atoms with van der Waals surface area (Å²) < 4.78 is 10.9. The van der Waals surface area contributed by atoms with Gasteiger partial charge in [0, 0.05) is 6.07 Å². The summed E-state index contributed by atoms with van der Waals surface area (Å²) in [7, 11) is 0. The third-order valence-electron chi connectivity index (χ3n) is 5.34. The van der Waals surface area contributed by atoms with Crippen molar-refractivity contribution in [3.8, 4) is 17.6 Å². The predicted molar refractivity (Wildman–Crippen MR) is 115 cm³/mol. The van der Waals surface area contributed by atoms with Crippen molar-refractivity contribution in [1.29, 1.82) is 5.26 Å². The van der Waals surface area contributed by atoms with Gasteiger partial charge >= 0.3 is 5.63 Å². The largest absolute Gasteiger partial charge is 0.507 e. The summed E-state index contributed by atoms with van der Waals surface area (Å²) in [4.78, 5) is 12.8. The van der Waals surface area contributed by atoms with E-state index in [2.05, 4.69) is 6.07 Å². The fraction of sp³-hybridized carbons (Fsp3) is 0.417. The van der Waals surface area contributed by atoms with E-state index >= 15 is 0 Å². The molecule has 0 saturated heterocycles. The van der Waals surface area contributed by atoms with E-state index in [1.165, 1.54) is 0 Å². The minimum absolute atomic E-state index is 0.0392. The van der Waals surface area contributed by atoms with Crippen LogP contribution in [0.3, 0.4) is 0 Å². The van der Waals surface area contributed by atoms with Crippen molar-refractivity contribution in [2.24, 2.45) is 5.73 Å². The number of allylic oxidation sites excluding steroid dienone is 1. The van der Waals surface area contributed by atoms with Gasteiger partial charge < -0.3 is 20.0 Å². The third-order valence-corrected chi connectivity index (χ3v) is 5.34. The summed E-state index contributed by atoms with van der Waals surface area (Å²) in [6.07, 6.45) is 0. The van der Waals surface area contributed by atoms with Gasteiger partial charge in [-0.3, -0.25) is 0 Å². The van der Waals surface area contributed by atoms with Crippen molar-refractivity contribution in [2.75, 3.05) is 0 Å². The van der Waals surface area contributed by atoms with Gasteiger partial charge in [0.2, 0.25) is 5.88 Å². The van der Waals surface area contributed by atoms with Crippen LogP contribution >= 0.6 is 0 Å². The van der Waals surface area contributed by atoms with Gasteiger partial charge in [0.1, 0.15) is 28.9 Å². The molecule has 0 bridgehead atoms. The molecule has 1 aromatic heterocycles. The number of benzene rings is 1. The van der Waals surface area contributed by atoms with E-state index in [-0.39, 0.29) is 39.3 Å². The third kappa shape index (κ3) is 3.56. The van der Waals surface area contributed by atoms with E-state index in [1.807, 2.05) is 53.7 Å². The molecule has 1 aromatic carbocycles. The quantitative estimate of drug-likeness (QED) is 0.721. The number of hydrogen-bond acceptors (Lipinski definition) is 6. The SMILES string of the molecule is Cc1cc2c(c(=O)o1)C(c1cc(C(C)(C)C)c(O)c(C(C)(C)C)c1)C(C#N)=C(N)O2. The number of rotatable bonds is 1. The molecule has 1 aliphatic rings. The number of nitrogens with two attached hydrogens (primary N) is 1. The van der Waals surface area contributed by atoms with Crippen LogP contribution in [0.25, 0.3) is 0 Å². The Morgan fingerprint density at radius 1 is 1.07 bits per heavy atom. The first-order valence-electron chi connectivity index (χ1n) is 9.85. The fourth-order valence-electron chi connectivity index (χ4n) is 3.82. The summed E-state index contributed by atoms with van der Waals surface area (Å²) in [6.45, 7) is 13.7. The molecular formula is C24H28N2O4. The van der Waals surface area contributed by atoms with Crippen LogP contribution in [0.15, 0.2) is 38.9 Å². The van der Waals surface area contributed by atoms with Crippen molar-refractivity contribution in [1.82, 2.24) is 0 Å². The lowest BCUT2D eigenvalue weighted by atomic mass is 9.75. The van der Waals surface area contributed by atoms with Crippen LogP contribution in [-0.2, 0) is 10.8 Å². The van der Waals surface area contributed by atoms with E-state index in [1.54, 1.807) is 13.0 Å². The summed E-state index contributed by atoms with van der Waals surface area (Å²) in [5, 5.41) is 20.9. The lowest BCUT2D eigenvalue weighted by Gasteiger charge is -2.31. The lowest BCUT2D eigenvalue weighted by molar-refractivity contribution is 0.371. The highest BCUT2D eigenvalue weighted by Gasteiger charge is 2.36. The molecule has 0 spiro atoms. The number of phenolic OH excluding ortho intramolecular Hbond substituents is 1. The van der Waals surface area contributed by atoms with Crippen molar-refractivity contribution in [3.63, 3.8) is 0 Å². The van der Waals surface area contributed by atoms with E-state index in [4.69, 9.17) is 14.9 Å². The van der Waals surface area contributed by atoms with Crippen molar-refractivity contribution < 1.29 is 14.3 Å². The molecule has 30 heavy (non-hydrogen) atoms. The number of aryl methyl sites for hydroxylation is 1. The van der Waals surface area contributed by atoms with Gasteiger partial charge in [0.25, 0.3) is 0 Å². The molecule has 2 heterocycles. The van der Waals surface area contributed by atoms with Gasteiger partial charge in [0.05, 0.1) is 11.5 Å². The topological polar surface area (TPSA) is 109 Å². The minimum atomic E-state index is -0.751. The molecule has 6 nitrogen and oxygen atoms in total. The summed E-state index contributed by atoms with van der Waals surface area (Å²) in [6, 6.07) is 7.38. The summed E-state index contributed by atoms with van der Waals surface area (Å²) in [5.41, 5.74) is 7.27. The highest BCUT2D eigenvalue weighted by molar-refractivity contribution is 5.59. The van der Waals surface area contributed by atoms with Gasteiger partial charge in [-0.25, -0.2) is 4.79 Å². The first-order valence-corrected chi connectivity index (χ1v) is 9.85. The summed E-state index contributed by atoms with van der Waals surface area (Å²) in [5.74, 6) is 0.105. The molecule has 1 aliphatic heterocycles. The molecule has 1 atom stereocenters. The molecule has 0 radical (unpaired) electrons. The molecule has 3 rings (SSSR count). The number of ether oxygens (including phenoxy) is 1. The maximum atomic E-state index is 12.8. The Hall–Kier alpha value is -3.20. The molecule has 2 aromatic rings. The maximum absolute atomic E-state index is 12.8. The van der Waals surface area contributed by atoms with Crippen LogP contribution < -0.4 is 16.1 Å². The zero-order chi connectivity index (χ0) is 22.6. The standard InChI is InChI=1S/C24H28N2O4/c1-12-8-17-19(22(28)29-12)18(14(11-25)21(26)30-17)13-9-15(23(2,3)4)20(27)16(10-13)24(5,6)7/h8-10,18,27H,26H2,1-7H3. The zero-order valence-electron chi connectivity index (χ0n) is 18.5. The second-order valence-corrected chi connectivity index (χ2v) is 9.81. The Balaban J connectivity index is 2.43. The Kier molecular flexibility index (Phi) is 4.98. The number of phenols is 1. The van der Waals surface area contributed by atoms with Gasteiger partial charge in [-0.05, 0) is 34.4 Å². The first-order chi connectivity index (χ1) is 13.8. The lowest BCUT2D eigenvalue weighted by Crippen LogP contribution is -2.27. The van der Waals surface area contributed by atoms with Gasteiger partial charge in [0.15, 0.2) is 0 Å². The maximum Gasteiger partial charge on any atom is 0.343 e. The molecule has 0 aliphatic carbocycles. The Morgan fingerprint density at radius 3 is 2.07 bits per heavy atom. The van der Waals surface area contributed by atoms with Gasteiger partial charge in [-0.1, -0.05) is 53.7 Å². The smallest absolute Gasteiger partial charge is 0.343 e. The van der Waals surface area contributed by atoms with E-state index in [0.29, 0.717) is 11.3 Å². The van der Waals surface area contributed by atoms with Crippen LogP contribution in [0.4, 0.5) is 0 Å². The minimum Gasteiger partial charge on any atom is -0.507 e. The molecule has 6 heteroatoms. The molecule has 0 saturated carbocycles. The predicted octanol–water partition coefficient (Wildman–Crippen LogP) is 4.47. The van der Waals surface area contributed by atoms with Crippen molar-refractivity contribution in [3.05, 3.63) is 68.1 Å². The second kappa shape index (κ2) is 6.94. The monoisotopic (exact) mass is 408 g/mol. The molecule has 158 valence electrons. The van der Waals surface area contributed by atoms with Crippen LogP contribution in [0.1, 0.15) is 75.5 Å². The highest BCUT2D eigenvalue weighted by Crippen LogP contribution is 2.46. The molecule has 3 N–H and O–H groups in total. The fourth-order valence-corrected chi connectivity index (χ4v) is 3.82. The van der Waals surface area contributed by atoms with Gasteiger partial charge in [-0.15, -0.1) is 0 Å². The number of fused-ring (bicyclic) bond motifs is 1. The normalized spacial score (nSPS) is 16.7. The van der Waals surface area contributed by atoms with Gasteiger partial charge in [-0.2, -0.15) is 5.26 Å². The van der Waals surface area contributed by atoms with E-state index < -0.39 is 11.5 Å². The molecular weight excluding hydrogens is 380 g/mol. The van der Waals surface area contributed by atoms with Crippen LogP contribution in [0, 0.1) is 18.3 Å². The second-order valence-electron chi connectivity index (χ2n) is 9.81. The Bertz CT molecular complexity index is 1120.